The maximum atomic E-state index is 12.5. The van der Waals surface area contributed by atoms with E-state index in [1.165, 1.54) is 16.7 Å². The third-order valence-corrected chi connectivity index (χ3v) is 5.26. The van der Waals surface area contributed by atoms with Crippen molar-refractivity contribution in [3.63, 3.8) is 0 Å². The molecule has 5 rings (SSSR count). The summed E-state index contributed by atoms with van der Waals surface area (Å²) in [6.45, 7) is -0.302. The molecule has 0 unspecified atom stereocenters. The van der Waals surface area contributed by atoms with Gasteiger partial charge in [-0.3, -0.25) is 19.3 Å². The Kier molecular flexibility index (Phi) is 3.62. The number of carbonyl (C=O) groups excluding carboxylic acids is 3. The van der Waals surface area contributed by atoms with Gasteiger partial charge in [0.15, 0.2) is 0 Å². The van der Waals surface area contributed by atoms with Gasteiger partial charge in [-0.1, -0.05) is 42.5 Å². The molecule has 0 spiro atoms. The quantitative estimate of drug-likeness (QED) is 0.563. The van der Waals surface area contributed by atoms with E-state index in [-0.39, 0.29) is 6.54 Å². The van der Waals surface area contributed by atoms with Crippen LogP contribution in [0.4, 0.5) is 5.69 Å². The molecule has 0 atom stereocenters. The fourth-order valence-electron chi connectivity index (χ4n) is 3.95. The molecule has 0 saturated heterocycles. The number of anilines is 1. The number of imide groups is 1. The van der Waals surface area contributed by atoms with Crippen LogP contribution in [0.1, 0.15) is 31.8 Å². The molecule has 136 valence electrons. The number of benzene rings is 3. The average molecular weight is 368 g/mol. The smallest absolute Gasteiger partial charge is 0.262 e. The van der Waals surface area contributed by atoms with E-state index in [0.29, 0.717) is 16.8 Å². The fraction of sp³-hybridized carbons (Fsp3) is 0.0870. The third-order valence-electron chi connectivity index (χ3n) is 5.26. The van der Waals surface area contributed by atoms with E-state index in [0.717, 1.165) is 16.9 Å². The fourth-order valence-corrected chi connectivity index (χ4v) is 3.95. The van der Waals surface area contributed by atoms with Crippen LogP contribution in [0.15, 0.2) is 66.7 Å². The van der Waals surface area contributed by atoms with Crippen LogP contribution >= 0.6 is 0 Å². The number of nitrogens with one attached hydrogen (secondary N) is 1. The molecule has 2 aliphatic rings. The molecule has 1 aliphatic heterocycles. The number of amides is 3. The second-order valence-corrected chi connectivity index (χ2v) is 7.00. The first-order chi connectivity index (χ1) is 13.6. The largest absolute Gasteiger partial charge is 0.325 e. The van der Waals surface area contributed by atoms with Gasteiger partial charge in [0.05, 0.1) is 11.1 Å². The van der Waals surface area contributed by atoms with Gasteiger partial charge < -0.3 is 5.32 Å². The number of rotatable bonds is 3. The molecule has 1 aliphatic carbocycles. The van der Waals surface area contributed by atoms with E-state index >= 15 is 0 Å². The Balaban J connectivity index is 1.32. The Bertz CT molecular complexity index is 1130. The highest BCUT2D eigenvalue weighted by Gasteiger charge is 2.36. The van der Waals surface area contributed by atoms with Gasteiger partial charge in [0.1, 0.15) is 6.54 Å². The van der Waals surface area contributed by atoms with Gasteiger partial charge >= 0.3 is 0 Å². The molecule has 5 heteroatoms. The molecule has 0 saturated carbocycles. The van der Waals surface area contributed by atoms with E-state index in [4.69, 9.17) is 0 Å². The molecule has 3 amide bonds. The molecule has 3 aromatic carbocycles. The molecule has 1 N–H and O–H groups in total. The van der Waals surface area contributed by atoms with Crippen molar-refractivity contribution >= 4 is 23.4 Å². The van der Waals surface area contributed by atoms with Crippen molar-refractivity contribution in [1.29, 1.82) is 0 Å². The van der Waals surface area contributed by atoms with E-state index < -0.39 is 17.7 Å². The Morgan fingerprint density at radius 1 is 0.786 bits per heavy atom. The summed E-state index contributed by atoms with van der Waals surface area (Å²) in [5.74, 6) is -1.26. The number of fused-ring (bicyclic) bond motifs is 4. The minimum absolute atomic E-state index is 0.302. The van der Waals surface area contributed by atoms with Gasteiger partial charge in [0.2, 0.25) is 5.91 Å². The summed E-state index contributed by atoms with van der Waals surface area (Å²) in [6.07, 6.45) is 0.827. The normalized spacial score (nSPS) is 13.9. The van der Waals surface area contributed by atoms with Gasteiger partial charge in [0.25, 0.3) is 11.8 Å². The van der Waals surface area contributed by atoms with Crippen molar-refractivity contribution in [1.82, 2.24) is 4.90 Å². The number of hydrogen-bond donors (Lipinski definition) is 1. The average Bonchev–Trinajstić information content (AvgIpc) is 3.19. The molecular formula is C23H16N2O3. The maximum Gasteiger partial charge on any atom is 0.262 e. The Hall–Kier alpha value is -3.73. The van der Waals surface area contributed by atoms with E-state index in [9.17, 15) is 14.4 Å². The molecule has 0 bridgehead atoms. The van der Waals surface area contributed by atoms with Crippen LogP contribution in [-0.2, 0) is 11.2 Å². The molecular weight excluding hydrogens is 352 g/mol. The van der Waals surface area contributed by atoms with Crippen LogP contribution in [0.5, 0.6) is 0 Å². The zero-order chi connectivity index (χ0) is 19.3. The Morgan fingerprint density at radius 2 is 1.39 bits per heavy atom. The molecule has 0 aromatic heterocycles. The van der Waals surface area contributed by atoms with Crippen LogP contribution in [0.25, 0.3) is 11.1 Å². The maximum absolute atomic E-state index is 12.5. The molecule has 28 heavy (non-hydrogen) atoms. The second-order valence-electron chi connectivity index (χ2n) is 7.00. The minimum Gasteiger partial charge on any atom is -0.325 e. The van der Waals surface area contributed by atoms with Crippen molar-refractivity contribution in [3.8, 4) is 11.1 Å². The van der Waals surface area contributed by atoms with Crippen molar-refractivity contribution < 1.29 is 14.4 Å². The van der Waals surface area contributed by atoms with Gasteiger partial charge in [-0.15, -0.1) is 0 Å². The number of nitrogens with zero attached hydrogens (tertiary/aromatic N) is 1. The van der Waals surface area contributed by atoms with Crippen LogP contribution in [0.3, 0.4) is 0 Å². The van der Waals surface area contributed by atoms with E-state index in [2.05, 4.69) is 17.4 Å². The highest BCUT2D eigenvalue weighted by molar-refractivity contribution is 6.22. The topological polar surface area (TPSA) is 66.5 Å². The minimum atomic E-state index is -0.430. The van der Waals surface area contributed by atoms with Crippen molar-refractivity contribution in [3.05, 3.63) is 89.0 Å². The highest BCUT2D eigenvalue weighted by Crippen LogP contribution is 2.37. The summed E-state index contributed by atoms with van der Waals surface area (Å²) >= 11 is 0. The summed E-state index contributed by atoms with van der Waals surface area (Å²) in [5.41, 5.74) is 6.17. The number of carbonyl (C=O) groups is 3. The van der Waals surface area contributed by atoms with Gasteiger partial charge in [0, 0.05) is 5.69 Å². The lowest BCUT2D eigenvalue weighted by Gasteiger charge is -2.14. The number of hydrogen-bond acceptors (Lipinski definition) is 3. The first-order valence-electron chi connectivity index (χ1n) is 9.08. The SMILES string of the molecule is O=C(CN1C(=O)c2ccccc2C1=O)Nc1ccc2c(c1)Cc1ccccc1-2. The first-order valence-corrected chi connectivity index (χ1v) is 9.08. The predicted octanol–water partition coefficient (Wildman–Crippen LogP) is 3.49. The first kappa shape index (κ1) is 16.4. The molecule has 1 heterocycles. The summed E-state index contributed by atoms with van der Waals surface area (Å²) in [7, 11) is 0. The van der Waals surface area contributed by atoms with Gasteiger partial charge in [-0.25, -0.2) is 0 Å². The lowest BCUT2D eigenvalue weighted by atomic mass is 10.1. The predicted molar refractivity (Wildman–Crippen MR) is 105 cm³/mol. The monoisotopic (exact) mass is 368 g/mol. The summed E-state index contributed by atoms with van der Waals surface area (Å²) in [4.78, 5) is 38.3. The summed E-state index contributed by atoms with van der Waals surface area (Å²) in [5, 5.41) is 2.81. The zero-order valence-electron chi connectivity index (χ0n) is 14.9. The van der Waals surface area contributed by atoms with Crippen LogP contribution < -0.4 is 5.32 Å². The highest BCUT2D eigenvalue weighted by atomic mass is 16.2. The van der Waals surface area contributed by atoms with Crippen molar-refractivity contribution in [2.45, 2.75) is 6.42 Å². The van der Waals surface area contributed by atoms with Crippen LogP contribution in [-0.4, -0.2) is 29.2 Å². The molecule has 3 aromatic rings. The van der Waals surface area contributed by atoms with Crippen molar-refractivity contribution in [2.24, 2.45) is 0 Å². The van der Waals surface area contributed by atoms with Crippen LogP contribution in [0.2, 0.25) is 0 Å². The Labute approximate surface area is 161 Å². The van der Waals surface area contributed by atoms with Gasteiger partial charge in [-0.2, -0.15) is 0 Å². The lowest BCUT2D eigenvalue weighted by molar-refractivity contribution is -0.116. The molecule has 0 radical (unpaired) electrons. The molecule has 0 fully saturated rings. The van der Waals surface area contributed by atoms with Crippen molar-refractivity contribution in [2.75, 3.05) is 11.9 Å². The lowest BCUT2D eigenvalue weighted by Crippen LogP contribution is -2.37. The Morgan fingerprint density at radius 3 is 2.11 bits per heavy atom. The van der Waals surface area contributed by atoms with Gasteiger partial charge in [-0.05, 0) is 52.9 Å². The third kappa shape index (κ3) is 2.52. The van der Waals surface area contributed by atoms with E-state index in [1.807, 2.05) is 30.3 Å². The van der Waals surface area contributed by atoms with Crippen LogP contribution in [0, 0.1) is 0 Å². The molecule has 5 nitrogen and oxygen atoms in total. The summed E-state index contributed by atoms with van der Waals surface area (Å²) in [6, 6.07) is 20.7. The summed E-state index contributed by atoms with van der Waals surface area (Å²) < 4.78 is 0. The zero-order valence-corrected chi connectivity index (χ0v) is 14.9. The standard InChI is InChI=1S/C23H16N2O3/c26-21(13-25-22(27)19-7-3-4-8-20(19)23(25)28)24-16-9-10-18-15(12-16)11-14-5-1-2-6-17(14)18/h1-10,12H,11,13H2,(H,24,26). The second kappa shape index (κ2) is 6.16. The van der Waals surface area contributed by atoms with E-state index in [1.54, 1.807) is 24.3 Å².